The fraction of sp³-hybridized carbons (Fsp3) is 0.789. The summed E-state index contributed by atoms with van der Waals surface area (Å²) in [6, 6.07) is 0. The van der Waals surface area contributed by atoms with Crippen molar-refractivity contribution in [2.75, 3.05) is 33.1 Å². The summed E-state index contributed by atoms with van der Waals surface area (Å²) < 4.78 is 12.0. The first-order valence-corrected chi connectivity index (χ1v) is 12.3. The molecule has 27 heavy (non-hydrogen) atoms. The lowest BCUT2D eigenvalue weighted by Gasteiger charge is -2.17. The van der Waals surface area contributed by atoms with Crippen LogP contribution in [0.15, 0.2) is 9.14 Å². The lowest BCUT2D eigenvalue weighted by atomic mass is 10.0. The van der Waals surface area contributed by atoms with Crippen LogP contribution in [0.5, 0.6) is 0 Å². The zero-order valence-corrected chi connectivity index (χ0v) is 19.6. The number of carbonyl (C=O) groups excluding carboxylic acids is 2. The lowest BCUT2D eigenvalue weighted by Crippen LogP contribution is -2.28. The molecule has 0 N–H and O–H groups in total. The van der Waals surface area contributed by atoms with Crippen molar-refractivity contribution in [3.05, 3.63) is 9.14 Å². The van der Waals surface area contributed by atoms with Gasteiger partial charge in [-0.05, 0) is 53.5 Å². The highest BCUT2D eigenvalue weighted by atomic mass is 32.2. The van der Waals surface area contributed by atoms with Gasteiger partial charge in [0.2, 0.25) is 0 Å². The molecule has 1 aliphatic rings. The normalized spacial score (nSPS) is 17.1. The zero-order valence-electron chi connectivity index (χ0n) is 17.1. The molecule has 0 aliphatic carbocycles. The summed E-state index contributed by atoms with van der Waals surface area (Å²) in [6.07, 6.45) is 4.60. The zero-order chi connectivity index (χ0) is 20.2. The van der Waals surface area contributed by atoms with Crippen LogP contribution in [0.1, 0.15) is 52.9 Å². The van der Waals surface area contributed by atoms with Crippen molar-refractivity contribution in [2.45, 2.75) is 57.6 Å². The van der Waals surface area contributed by atoms with Gasteiger partial charge in [0.15, 0.2) is 5.92 Å². The van der Waals surface area contributed by atoms with E-state index < -0.39 is 17.9 Å². The van der Waals surface area contributed by atoms with Crippen molar-refractivity contribution in [3.63, 3.8) is 0 Å². The van der Waals surface area contributed by atoms with Crippen LogP contribution in [0.3, 0.4) is 0 Å². The number of carbonyl (C=O) groups is 2. The standard InChI is InChI=1S/C19H33NO4S3/c1-6-23-16(21)15(17(22)24-7-2)12-10-8-9-11-13-25-18-14(3)26-19(27-18)20(4)5/h15,19H,6-13H2,1-5H3. The average molecular weight is 436 g/mol. The van der Waals surface area contributed by atoms with Gasteiger partial charge in [0.25, 0.3) is 0 Å². The second kappa shape index (κ2) is 13.8. The maximum absolute atomic E-state index is 11.9. The van der Waals surface area contributed by atoms with E-state index in [9.17, 15) is 9.59 Å². The summed E-state index contributed by atoms with van der Waals surface area (Å²) in [6.45, 7) is 6.26. The molecule has 1 unspecified atom stereocenters. The highest BCUT2D eigenvalue weighted by Gasteiger charge is 2.29. The molecule has 1 aliphatic heterocycles. The molecule has 1 atom stereocenters. The number of nitrogens with zero attached hydrogens (tertiary/aromatic N) is 1. The number of rotatable bonds is 13. The summed E-state index contributed by atoms with van der Waals surface area (Å²) in [5.74, 6) is -0.582. The molecule has 0 saturated heterocycles. The Kier molecular flexibility index (Phi) is 12.6. The Morgan fingerprint density at radius 2 is 1.63 bits per heavy atom. The van der Waals surface area contributed by atoms with Crippen molar-refractivity contribution in [2.24, 2.45) is 5.92 Å². The molecule has 0 aromatic heterocycles. The predicted molar refractivity (Wildman–Crippen MR) is 118 cm³/mol. The molecule has 0 radical (unpaired) electrons. The van der Waals surface area contributed by atoms with E-state index in [-0.39, 0.29) is 13.2 Å². The Hall–Kier alpha value is -0.310. The minimum Gasteiger partial charge on any atom is -0.465 e. The molecule has 1 rings (SSSR count). The van der Waals surface area contributed by atoms with E-state index in [4.69, 9.17) is 9.47 Å². The van der Waals surface area contributed by atoms with E-state index in [0.717, 1.165) is 31.4 Å². The summed E-state index contributed by atoms with van der Waals surface area (Å²) >= 11 is 5.82. The Bertz CT molecular complexity index is 493. The van der Waals surface area contributed by atoms with Gasteiger partial charge in [0, 0.05) is 4.91 Å². The molecule has 0 saturated carbocycles. The summed E-state index contributed by atoms with van der Waals surface area (Å²) in [7, 11) is 4.23. The number of ether oxygens (including phenoxy) is 2. The topological polar surface area (TPSA) is 55.8 Å². The Morgan fingerprint density at radius 1 is 1.04 bits per heavy atom. The van der Waals surface area contributed by atoms with Crippen molar-refractivity contribution in [1.29, 1.82) is 0 Å². The van der Waals surface area contributed by atoms with E-state index in [2.05, 4.69) is 25.9 Å². The number of hydrogen-bond donors (Lipinski definition) is 0. The third kappa shape index (κ3) is 9.15. The number of esters is 2. The van der Waals surface area contributed by atoms with E-state index in [1.165, 1.54) is 9.14 Å². The molecule has 0 fully saturated rings. The fourth-order valence-corrected chi connectivity index (χ4v) is 6.94. The monoisotopic (exact) mass is 435 g/mol. The highest BCUT2D eigenvalue weighted by molar-refractivity contribution is 8.32. The van der Waals surface area contributed by atoms with Gasteiger partial charge in [0.1, 0.15) is 4.71 Å². The van der Waals surface area contributed by atoms with Crippen LogP contribution >= 0.6 is 35.3 Å². The number of thioether (sulfide) groups is 3. The van der Waals surface area contributed by atoms with Crippen LogP contribution in [0.25, 0.3) is 0 Å². The third-order valence-corrected chi connectivity index (χ3v) is 8.82. The van der Waals surface area contributed by atoms with Crippen LogP contribution in [0.4, 0.5) is 0 Å². The first kappa shape index (κ1) is 24.7. The summed E-state index contributed by atoms with van der Waals surface area (Å²) in [4.78, 5) is 27.5. The Balaban J connectivity index is 2.22. The van der Waals surface area contributed by atoms with E-state index >= 15 is 0 Å². The number of hydrogen-bond acceptors (Lipinski definition) is 8. The van der Waals surface area contributed by atoms with Gasteiger partial charge < -0.3 is 9.47 Å². The van der Waals surface area contributed by atoms with Gasteiger partial charge in [-0.2, -0.15) is 0 Å². The summed E-state index contributed by atoms with van der Waals surface area (Å²) in [5.41, 5.74) is 0. The minimum atomic E-state index is -0.776. The van der Waals surface area contributed by atoms with Crippen LogP contribution in [0, 0.1) is 5.92 Å². The molecule has 5 nitrogen and oxygen atoms in total. The van der Waals surface area contributed by atoms with Gasteiger partial charge in [-0.3, -0.25) is 14.5 Å². The lowest BCUT2D eigenvalue weighted by molar-refractivity contribution is -0.161. The largest absolute Gasteiger partial charge is 0.465 e. The third-order valence-electron chi connectivity index (χ3n) is 3.96. The van der Waals surface area contributed by atoms with E-state index in [1.54, 1.807) is 13.8 Å². The second-order valence-corrected chi connectivity index (χ2v) is 10.5. The van der Waals surface area contributed by atoms with E-state index in [1.807, 2.05) is 35.3 Å². The molecular formula is C19H33NO4S3. The number of unbranched alkanes of at least 4 members (excludes halogenated alkanes) is 3. The first-order valence-electron chi connectivity index (χ1n) is 9.57. The molecule has 1 heterocycles. The van der Waals surface area contributed by atoms with E-state index in [0.29, 0.717) is 11.1 Å². The van der Waals surface area contributed by atoms with Crippen molar-refractivity contribution < 1.29 is 19.1 Å². The molecule has 156 valence electrons. The van der Waals surface area contributed by atoms with Gasteiger partial charge in [-0.15, -0.1) is 11.8 Å². The Morgan fingerprint density at radius 3 is 2.15 bits per heavy atom. The molecule has 0 bridgehead atoms. The molecule has 0 aromatic rings. The van der Waals surface area contributed by atoms with Gasteiger partial charge >= 0.3 is 11.9 Å². The average Bonchev–Trinajstić information content (AvgIpc) is 2.99. The number of allylic oxidation sites excluding steroid dienone is 1. The molecule has 0 aromatic carbocycles. The predicted octanol–water partition coefficient (Wildman–Crippen LogP) is 4.93. The van der Waals surface area contributed by atoms with Gasteiger partial charge in [0.05, 0.1) is 17.5 Å². The van der Waals surface area contributed by atoms with Crippen LogP contribution in [-0.2, 0) is 19.1 Å². The SMILES string of the molecule is CCOC(=O)C(CCCCCCSC1=C(C)SC(N(C)C)S1)C(=O)OCC. The molecule has 0 amide bonds. The quantitative estimate of drug-likeness (QED) is 0.229. The highest BCUT2D eigenvalue weighted by Crippen LogP contribution is 2.51. The van der Waals surface area contributed by atoms with Crippen LogP contribution < -0.4 is 0 Å². The van der Waals surface area contributed by atoms with Crippen molar-refractivity contribution >= 4 is 47.2 Å². The molecular weight excluding hydrogens is 402 g/mol. The van der Waals surface area contributed by atoms with Gasteiger partial charge in [-0.25, -0.2) is 0 Å². The summed E-state index contributed by atoms with van der Waals surface area (Å²) in [5, 5.41) is 0. The van der Waals surface area contributed by atoms with Crippen molar-refractivity contribution in [1.82, 2.24) is 4.90 Å². The Labute approximate surface area is 176 Å². The molecule has 0 spiro atoms. The van der Waals surface area contributed by atoms with Crippen LogP contribution in [-0.4, -0.2) is 54.6 Å². The maximum Gasteiger partial charge on any atom is 0.320 e. The second-order valence-electron chi connectivity index (χ2n) is 6.46. The van der Waals surface area contributed by atoms with Crippen molar-refractivity contribution in [3.8, 4) is 0 Å². The fourth-order valence-electron chi connectivity index (χ4n) is 2.53. The smallest absolute Gasteiger partial charge is 0.320 e. The first-order chi connectivity index (χ1) is 12.9. The minimum absolute atomic E-state index is 0.284. The van der Waals surface area contributed by atoms with Crippen LogP contribution in [0.2, 0.25) is 0 Å². The molecule has 8 heteroatoms. The van der Waals surface area contributed by atoms with Gasteiger partial charge in [-0.1, -0.05) is 42.8 Å². The maximum atomic E-state index is 11.9.